The Labute approximate surface area is 425 Å². The third-order valence-electron chi connectivity index (χ3n) is 17.9. The Morgan fingerprint density at radius 1 is 0.167 bits per heavy atom. The van der Waals surface area contributed by atoms with Gasteiger partial charge in [-0.05, 0) is 193 Å². The maximum atomic E-state index is 2.48. The van der Waals surface area contributed by atoms with E-state index in [-0.39, 0.29) is 21.7 Å². The van der Waals surface area contributed by atoms with Crippen molar-refractivity contribution in [3.05, 3.63) is 251 Å². The maximum absolute atomic E-state index is 2.48. The van der Waals surface area contributed by atoms with Gasteiger partial charge in [0.2, 0.25) is 0 Å². The SMILES string of the molecule is CC1(C)c2ccccc2-c2ccc(-c3cccc(-c4ccc5c(c4)C(C)(C)c4cc(-c6ccc7c(c6)C(C)(C)c6cc(-c8ccc9c(c8)C(C)(C)c8cc(-c%10ccccc%10)ccc8-9)ccc6-7)ccc4-5)c3)cc21. The molecule has 4 aliphatic rings. The number of fused-ring (bicyclic) bond motifs is 12. The fourth-order valence-corrected chi connectivity index (χ4v) is 13.7. The molecule has 10 aromatic carbocycles. The van der Waals surface area contributed by atoms with Crippen molar-refractivity contribution in [2.24, 2.45) is 0 Å². The van der Waals surface area contributed by atoms with Gasteiger partial charge in [0.05, 0.1) is 0 Å². The molecule has 0 amide bonds. The summed E-state index contributed by atoms with van der Waals surface area (Å²) < 4.78 is 0. The Hall–Kier alpha value is -7.80. The van der Waals surface area contributed by atoms with Crippen LogP contribution in [0.25, 0.3) is 100 Å². The summed E-state index contributed by atoms with van der Waals surface area (Å²) in [6, 6.07) is 78.9. The molecule has 0 heteroatoms. The molecule has 72 heavy (non-hydrogen) atoms. The molecular weight excluding hydrogens is 865 g/mol. The van der Waals surface area contributed by atoms with Crippen molar-refractivity contribution in [2.75, 3.05) is 0 Å². The molecule has 0 aromatic heterocycles. The molecule has 0 bridgehead atoms. The first-order chi connectivity index (χ1) is 34.7. The predicted octanol–water partition coefficient (Wildman–Crippen LogP) is 19.2. The summed E-state index contributed by atoms with van der Waals surface area (Å²) in [5, 5.41) is 0. The van der Waals surface area contributed by atoms with Gasteiger partial charge in [-0.25, -0.2) is 0 Å². The lowest BCUT2D eigenvalue weighted by molar-refractivity contribution is 0.659. The molecule has 0 nitrogen and oxygen atoms in total. The van der Waals surface area contributed by atoms with E-state index in [1.807, 2.05) is 0 Å². The first kappa shape index (κ1) is 43.0. The Balaban J connectivity index is 0.743. The standard InChI is InChI=1S/C72H58/c1-69(2)61-20-13-12-19-53(61)54-29-22-47(37-62(54)69)44-17-14-18-45(35-44)48-23-30-56-58-32-25-50(40-66(58)71(5,6)64(56)38-48)52-27-34-60-59-33-26-51(41-67(59)72(7,8)68(60)42-52)49-24-31-57-55-28-21-46(43-15-10-9-11-16-43)36-63(55)70(3,4)65(57)39-49/h9-42H,1-8H3. The van der Waals surface area contributed by atoms with Crippen molar-refractivity contribution < 1.29 is 0 Å². The molecule has 10 aromatic rings. The van der Waals surface area contributed by atoms with E-state index < -0.39 is 0 Å². The van der Waals surface area contributed by atoms with Gasteiger partial charge in [0.25, 0.3) is 0 Å². The minimum Gasteiger partial charge on any atom is -0.0622 e. The summed E-state index contributed by atoms with van der Waals surface area (Å²) >= 11 is 0. The van der Waals surface area contributed by atoms with Crippen LogP contribution >= 0.6 is 0 Å². The van der Waals surface area contributed by atoms with Crippen LogP contribution in [-0.2, 0) is 21.7 Å². The van der Waals surface area contributed by atoms with E-state index >= 15 is 0 Å². The lowest BCUT2D eigenvalue weighted by Crippen LogP contribution is -2.16. The highest BCUT2D eigenvalue weighted by Crippen LogP contribution is 2.55. The highest BCUT2D eigenvalue weighted by molar-refractivity contribution is 5.91. The maximum Gasteiger partial charge on any atom is 0.0159 e. The molecule has 0 aliphatic heterocycles. The Morgan fingerprint density at radius 3 is 0.708 bits per heavy atom. The van der Waals surface area contributed by atoms with Gasteiger partial charge in [0, 0.05) is 21.7 Å². The van der Waals surface area contributed by atoms with Gasteiger partial charge in [-0.3, -0.25) is 0 Å². The Bertz CT molecular complexity index is 3960. The van der Waals surface area contributed by atoms with Crippen LogP contribution in [0.3, 0.4) is 0 Å². The van der Waals surface area contributed by atoms with Gasteiger partial charge < -0.3 is 0 Å². The molecule has 4 aliphatic carbocycles. The highest BCUT2D eigenvalue weighted by Gasteiger charge is 2.40. The summed E-state index contributed by atoms with van der Waals surface area (Å²) in [5.74, 6) is 0. The minimum absolute atomic E-state index is 0.0280. The summed E-state index contributed by atoms with van der Waals surface area (Å²) in [7, 11) is 0. The van der Waals surface area contributed by atoms with E-state index in [9.17, 15) is 0 Å². The molecular formula is C72H58. The molecule has 346 valence electrons. The Morgan fingerprint density at radius 2 is 0.389 bits per heavy atom. The van der Waals surface area contributed by atoms with Crippen LogP contribution in [0.2, 0.25) is 0 Å². The third-order valence-corrected chi connectivity index (χ3v) is 17.9. The highest BCUT2D eigenvalue weighted by atomic mass is 14.4. The first-order valence-electron chi connectivity index (χ1n) is 26.0. The molecule has 0 spiro atoms. The second-order valence-corrected chi connectivity index (χ2v) is 23.3. The zero-order chi connectivity index (χ0) is 49.1. The van der Waals surface area contributed by atoms with Crippen LogP contribution in [0.15, 0.2) is 206 Å². The summed E-state index contributed by atoms with van der Waals surface area (Å²) in [6.45, 7) is 19.2. The molecule has 0 N–H and O–H groups in total. The van der Waals surface area contributed by atoms with E-state index in [1.165, 1.54) is 145 Å². The quantitative estimate of drug-likeness (QED) is 0.161. The molecule has 0 fully saturated rings. The average molecular weight is 923 g/mol. The van der Waals surface area contributed by atoms with Crippen molar-refractivity contribution in [3.8, 4) is 100 Å². The first-order valence-corrected chi connectivity index (χ1v) is 26.0. The van der Waals surface area contributed by atoms with Crippen molar-refractivity contribution in [1.82, 2.24) is 0 Å². The molecule has 14 rings (SSSR count). The minimum atomic E-state index is -0.155. The van der Waals surface area contributed by atoms with Crippen LogP contribution in [0.1, 0.15) is 99.9 Å². The fraction of sp³-hybridized carbons (Fsp3) is 0.167. The van der Waals surface area contributed by atoms with Crippen LogP contribution < -0.4 is 0 Å². The second kappa shape index (κ2) is 14.9. The van der Waals surface area contributed by atoms with Gasteiger partial charge >= 0.3 is 0 Å². The largest absolute Gasteiger partial charge is 0.0622 e. The van der Waals surface area contributed by atoms with Crippen molar-refractivity contribution in [1.29, 1.82) is 0 Å². The van der Waals surface area contributed by atoms with E-state index in [0.29, 0.717) is 0 Å². The molecule has 0 atom stereocenters. The predicted molar refractivity (Wildman–Crippen MR) is 304 cm³/mol. The van der Waals surface area contributed by atoms with Crippen molar-refractivity contribution >= 4 is 0 Å². The van der Waals surface area contributed by atoms with Crippen molar-refractivity contribution in [3.63, 3.8) is 0 Å². The smallest absolute Gasteiger partial charge is 0.0159 e. The average Bonchev–Trinajstić information content (AvgIpc) is 3.97. The summed E-state index contributed by atoms with van der Waals surface area (Å²) in [6.07, 6.45) is 0. The van der Waals surface area contributed by atoms with Crippen LogP contribution in [0.5, 0.6) is 0 Å². The van der Waals surface area contributed by atoms with Crippen LogP contribution in [0, 0.1) is 0 Å². The normalized spacial score (nSPS) is 15.9. The third kappa shape index (κ3) is 6.05. The number of rotatable bonds is 5. The molecule has 0 heterocycles. The van der Waals surface area contributed by atoms with Crippen molar-refractivity contribution in [2.45, 2.75) is 77.0 Å². The van der Waals surface area contributed by atoms with E-state index in [0.717, 1.165) is 0 Å². The fourth-order valence-electron chi connectivity index (χ4n) is 13.7. The van der Waals surface area contributed by atoms with Gasteiger partial charge in [-0.1, -0.05) is 213 Å². The van der Waals surface area contributed by atoms with E-state index in [4.69, 9.17) is 0 Å². The lowest BCUT2D eigenvalue weighted by Gasteiger charge is -2.24. The zero-order valence-electron chi connectivity index (χ0n) is 42.6. The van der Waals surface area contributed by atoms with E-state index in [1.54, 1.807) is 0 Å². The molecule has 0 saturated heterocycles. The topological polar surface area (TPSA) is 0 Å². The monoisotopic (exact) mass is 922 g/mol. The number of benzene rings is 10. The number of hydrogen-bond acceptors (Lipinski definition) is 0. The molecule has 0 radical (unpaired) electrons. The van der Waals surface area contributed by atoms with Gasteiger partial charge in [-0.15, -0.1) is 0 Å². The van der Waals surface area contributed by atoms with Gasteiger partial charge in [-0.2, -0.15) is 0 Å². The van der Waals surface area contributed by atoms with Crippen LogP contribution in [0.4, 0.5) is 0 Å². The number of hydrogen-bond donors (Lipinski definition) is 0. The Kier molecular flexibility index (Phi) is 8.89. The van der Waals surface area contributed by atoms with Gasteiger partial charge in [0.1, 0.15) is 0 Å². The van der Waals surface area contributed by atoms with E-state index in [2.05, 4.69) is 262 Å². The zero-order valence-corrected chi connectivity index (χ0v) is 42.6. The van der Waals surface area contributed by atoms with Gasteiger partial charge in [0.15, 0.2) is 0 Å². The summed E-state index contributed by atoms with van der Waals surface area (Å²) in [4.78, 5) is 0. The lowest BCUT2D eigenvalue weighted by atomic mass is 9.79. The molecule has 0 unspecified atom stereocenters. The molecule has 0 saturated carbocycles. The summed E-state index contributed by atoms with van der Waals surface area (Å²) in [5.41, 5.74) is 34.3. The second-order valence-electron chi connectivity index (χ2n) is 23.3. The van der Waals surface area contributed by atoms with Crippen LogP contribution in [-0.4, -0.2) is 0 Å².